The van der Waals surface area contributed by atoms with Gasteiger partial charge in [-0.15, -0.1) is 11.3 Å². The van der Waals surface area contributed by atoms with Crippen molar-refractivity contribution in [2.75, 3.05) is 11.4 Å². The Balaban J connectivity index is 1.39. The first-order valence-corrected chi connectivity index (χ1v) is 9.51. The predicted molar refractivity (Wildman–Crippen MR) is 100 cm³/mol. The van der Waals surface area contributed by atoms with E-state index in [1.807, 2.05) is 42.6 Å². The number of thiazole rings is 1. The van der Waals surface area contributed by atoms with Crippen LogP contribution in [0.25, 0.3) is 11.0 Å². The van der Waals surface area contributed by atoms with Crippen LogP contribution in [0.2, 0.25) is 0 Å². The van der Waals surface area contributed by atoms with E-state index < -0.39 is 0 Å². The zero-order chi connectivity index (χ0) is 18.1. The minimum atomic E-state index is -0.229. The molecule has 0 bridgehead atoms. The van der Waals surface area contributed by atoms with Gasteiger partial charge in [-0.05, 0) is 25.5 Å². The van der Waals surface area contributed by atoms with Crippen molar-refractivity contribution in [2.24, 2.45) is 0 Å². The molecule has 1 aliphatic rings. The second kappa shape index (κ2) is 6.92. The summed E-state index contributed by atoms with van der Waals surface area (Å²) >= 11 is 1.41. The fourth-order valence-electron chi connectivity index (χ4n) is 3.10. The van der Waals surface area contributed by atoms with Crippen LogP contribution in [0.5, 0.6) is 0 Å². The van der Waals surface area contributed by atoms with Gasteiger partial charge >= 0.3 is 0 Å². The van der Waals surface area contributed by atoms with Crippen molar-refractivity contribution in [3.63, 3.8) is 0 Å². The molecule has 0 aliphatic carbocycles. The molecule has 1 aliphatic heterocycles. The van der Waals surface area contributed by atoms with E-state index in [9.17, 15) is 9.59 Å². The molecule has 1 aromatic carbocycles. The van der Waals surface area contributed by atoms with E-state index in [0.717, 1.165) is 23.2 Å². The van der Waals surface area contributed by atoms with Crippen molar-refractivity contribution in [3.8, 4) is 0 Å². The number of aromatic nitrogens is 1. The fourth-order valence-corrected chi connectivity index (χ4v) is 3.96. The summed E-state index contributed by atoms with van der Waals surface area (Å²) in [7, 11) is 0. The van der Waals surface area contributed by atoms with Crippen molar-refractivity contribution < 1.29 is 14.0 Å². The highest BCUT2D eigenvalue weighted by Crippen LogP contribution is 2.26. The SMILES string of the molecule is C[C@H](NC(=O)Cc1csc(N2CCCC2=O)n1)c1cc2ccccc2o1. The molecular weight excluding hydrogens is 350 g/mol. The maximum Gasteiger partial charge on any atom is 0.228 e. The molecule has 3 heterocycles. The van der Waals surface area contributed by atoms with Gasteiger partial charge in [0.1, 0.15) is 11.3 Å². The molecule has 0 spiro atoms. The van der Waals surface area contributed by atoms with Gasteiger partial charge in [0.2, 0.25) is 11.8 Å². The van der Waals surface area contributed by atoms with Gasteiger partial charge in [0.05, 0.1) is 18.2 Å². The van der Waals surface area contributed by atoms with Crippen LogP contribution in [0.4, 0.5) is 5.13 Å². The number of carbonyl (C=O) groups is 2. The molecule has 3 aromatic rings. The van der Waals surface area contributed by atoms with Gasteiger partial charge in [-0.25, -0.2) is 4.98 Å². The zero-order valence-electron chi connectivity index (χ0n) is 14.4. The lowest BCUT2D eigenvalue weighted by Gasteiger charge is -2.11. The van der Waals surface area contributed by atoms with Crippen molar-refractivity contribution >= 4 is 39.3 Å². The summed E-state index contributed by atoms with van der Waals surface area (Å²) in [5.41, 5.74) is 1.49. The van der Waals surface area contributed by atoms with Gasteiger partial charge in [-0.3, -0.25) is 14.5 Å². The molecule has 2 aromatic heterocycles. The second-order valence-corrected chi connectivity index (χ2v) is 7.26. The summed E-state index contributed by atoms with van der Waals surface area (Å²) in [5.74, 6) is 0.706. The molecule has 0 saturated carbocycles. The average molecular weight is 369 g/mol. The predicted octanol–water partition coefficient (Wildman–Crippen LogP) is 3.44. The fraction of sp³-hybridized carbons (Fsp3) is 0.316. The second-order valence-electron chi connectivity index (χ2n) is 6.42. The lowest BCUT2D eigenvalue weighted by molar-refractivity contribution is -0.121. The van der Waals surface area contributed by atoms with Crippen LogP contribution in [0.3, 0.4) is 0 Å². The lowest BCUT2D eigenvalue weighted by Crippen LogP contribution is -2.28. The number of nitrogens with zero attached hydrogens (tertiary/aromatic N) is 2. The molecule has 1 N–H and O–H groups in total. The van der Waals surface area contributed by atoms with Crippen LogP contribution >= 0.6 is 11.3 Å². The molecule has 1 fully saturated rings. The molecule has 0 unspecified atom stereocenters. The number of amides is 2. The molecule has 4 rings (SSSR count). The van der Waals surface area contributed by atoms with Gasteiger partial charge < -0.3 is 9.73 Å². The van der Waals surface area contributed by atoms with Gasteiger partial charge in [0.25, 0.3) is 0 Å². The number of para-hydroxylation sites is 1. The molecule has 0 radical (unpaired) electrons. The number of carbonyl (C=O) groups excluding carboxylic acids is 2. The summed E-state index contributed by atoms with van der Waals surface area (Å²) in [6.45, 7) is 2.60. The molecule has 1 atom stereocenters. The van der Waals surface area contributed by atoms with Crippen LogP contribution in [0, 0.1) is 0 Å². The maximum atomic E-state index is 12.3. The number of benzene rings is 1. The summed E-state index contributed by atoms with van der Waals surface area (Å²) in [6, 6.07) is 9.48. The lowest BCUT2D eigenvalue weighted by atomic mass is 10.2. The van der Waals surface area contributed by atoms with Gasteiger partial charge in [0, 0.05) is 23.7 Å². The molecule has 6 nitrogen and oxygen atoms in total. The molecule has 2 amide bonds. The minimum Gasteiger partial charge on any atom is -0.459 e. The Morgan fingerprint density at radius 3 is 3.04 bits per heavy atom. The number of anilines is 1. The van der Waals surface area contributed by atoms with E-state index in [-0.39, 0.29) is 24.3 Å². The summed E-state index contributed by atoms with van der Waals surface area (Å²) in [5, 5.41) is 6.48. The Labute approximate surface area is 154 Å². The standard InChI is InChI=1S/C19H19N3O3S/c1-12(16-9-13-5-2-3-6-15(13)25-16)20-17(23)10-14-11-26-19(21-14)22-8-4-7-18(22)24/h2-3,5-6,9,11-12H,4,7-8,10H2,1H3,(H,20,23)/t12-/m0/s1. The number of nitrogens with one attached hydrogen (secondary N) is 1. The highest BCUT2D eigenvalue weighted by molar-refractivity contribution is 7.14. The Morgan fingerprint density at radius 2 is 2.27 bits per heavy atom. The van der Waals surface area contributed by atoms with Gasteiger partial charge in [0.15, 0.2) is 5.13 Å². The third kappa shape index (κ3) is 3.35. The number of fused-ring (bicyclic) bond motifs is 1. The zero-order valence-corrected chi connectivity index (χ0v) is 15.2. The largest absolute Gasteiger partial charge is 0.459 e. The highest BCUT2D eigenvalue weighted by Gasteiger charge is 2.24. The third-order valence-corrected chi connectivity index (χ3v) is 5.35. The van der Waals surface area contributed by atoms with E-state index in [0.29, 0.717) is 23.8 Å². The molecule has 7 heteroatoms. The van der Waals surface area contributed by atoms with Gasteiger partial charge in [-0.1, -0.05) is 18.2 Å². The van der Waals surface area contributed by atoms with Crippen molar-refractivity contribution in [1.82, 2.24) is 10.3 Å². The topological polar surface area (TPSA) is 75.4 Å². The van der Waals surface area contributed by atoms with Crippen molar-refractivity contribution in [1.29, 1.82) is 0 Å². The Hall–Kier alpha value is -2.67. The van der Waals surface area contributed by atoms with Crippen LogP contribution < -0.4 is 10.2 Å². The van der Waals surface area contributed by atoms with E-state index in [2.05, 4.69) is 10.3 Å². The van der Waals surface area contributed by atoms with E-state index in [4.69, 9.17) is 4.42 Å². The van der Waals surface area contributed by atoms with Crippen molar-refractivity contribution in [2.45, 2.75) is 32.2 Å². The van der Waals surface area contributed by atoms with Crippen LogP contribution in [-0.4, -0.2) is 23.3 Å². The molecule has 1 saturated heterocycles. The minimum absolute atomic E-state index is 0.105. The Bertz CT molecular complexity index is 929. The normalized spacial score (nSPS) is 15.6. The average Bonchev–Trinajstić information content (AvgIpc) is 3.33. The van der Waals surface area contributed by atoms with Crippen LogP contribution in [0.15, 0.2) is 40.1 Å². The third-order valence-electron chi connectivity index (χ3n) is 4.43. The van der Waals surface area contributed by atoms with E-state index in [1.165, 1.54) is 11.3 Å². The summed E-state index contributed by atoms with van der Waals surface area (Å²) in [4.78, 5) is 30.3. The summed E-state index contributed by atoms with van der Waals surface area (Å²) in [6.07, 6.45) is 1.62. The number of furan rings is 1. The first-order chi connectivity index (χ1) is 12.6. The summed E-state index contributed by atoms with van der Waals surface area (Å²) < 4.78 is 5.79. The first kappa shape index (κ1) is 16.8. The monoisotopic (exact) mass is 369 g/mol. The molecular formula is C19H19N3O3S. The number of hydrogen-bond donors (Lipinski definition) is 1. The molecule has 26 heavy (non-hydrogen) atoms. The van der Waals surface area contributed by atoms with Crippen molar-refractivity contribution in [3.05, 3.63) is 47.2 Å². The van der Waals surface area contributed by atoms with Gasteiger partial charge in [-0.2, -0.15) is 0 Å². The quantitative estimate of drug-likeness (QED) is 0.747. The Morgan fingerprint density at radius 1 is 1.42 bits per heavy atom. The number of hydrogen-bond acceptors (Lipinski definition) is 5. The van der Waals surface area contributed by atoms with E-state index in [1.54, 1.807) is 4.90 Å². The smallest absolute Gasteiger partial charge is 0.228 e. The maximum absolute atomic E-state index is 12.3. The van der Waals surface area contributed by atoms with Crippen LogP contribution in [0.1, 0.15) is 37.3 Å². The van der Waals surface area contributed by atoms with E-state index >= 15 is 0 Å². The highest BCUT2D eigenvalue weighted by atomic mass is 32.1. The number of rotatable bonds is 5. The van der Waals surface area contributed by atoms with Crippen LogP contribution in [-0.2, 0) is 16.0 Å². The first-order valence-electron chi connectivity index (χ1n) is 8.63. The Kier molecular flexibility index (Phi) is 4.46. The molecule has 134 valence electrons.